The third-order valence-corrected chi connectivity index (χ3v) is 3.86. The van der Waals surface area contributed by atoms with Gasteiger partial charge in [-0.1, -0.05) is 35.3 Å². The minimum Gasteiger partial charge on any atom is -0.318 e. The molecule has 10 heteroatoms. The summed E-state index contributed by atoms with van der Waals surface area (Å²) >= 11 is 11.7. The smallest absolute Gasteiger partial charge is 0.318 e. The van der Waals surface area contributed by atoms with Crippen molar-refractivity contribution >= 4 is 46.9 Å². The van der Waals surface area contributed by atoms with Crippen molar-refractivity contribution in [1.82, 2.24) is 5.43 Å². The van der Waals surface area contributed by atoms with E-state index >= 15 is 0 Å². The fourth-order valence-corrected chi connectivity index (χ4v) is 2.12. The van der Waals surface area contributed by atoms with Gasteiger partial charge in [0.15, 0.2) is 0 Å². The fourth-order valence-electron chi connectivity index (χ4n) is 1.76. The molecule has 5 nitrogen and oxygen atoms in total. The molecule has 0 radical (unpaired) electrons. The Bertz CT molecular complexity index is 853. The Morgan fingerprint density at radius 1 is 1.00 bits per heavy atom. The average molecular weight is 404 g/mol. The fraction of sp³-hybridized carbons (Fsp3) is 0.0625. The van der Waals surface area contributed by atoms with Crippen molar-refractivity contribution in [3.05, 3.63) is 63.6 Å². The Balaban J connectivity index is 1.94. The van der Waals surface area contributed by atoms with Crippen LogP contribution in [0.5, 0.6) is 0 Å². The van der Waals surface area contributed by atoms with E-state index in [1.54, 1.807) is 18.2 Å². The lowest BCUT2D eigenvalue weighted by atomic mass is 10.2. The van der Waals surface area contributed by atoms with Gasteiger partial charge >= 0.3 is 18.0 Å². The number of anilines is 1. The molecule has 0 heterocycles. The van der Waals surface area contributed by atoms with E-state index in [0.29, 0.717) is 10.6 Å². The second kappa shape index (κ2) is 8.20. The Morgan fingerprint density at radius 2 is 1.65 bits per heavy atom. The number of hydrogen-bond acceptors (Lipinski definition) is 3. The molecule has 2 N–H and O–H groups in total. The summed E-state index contributed by atoms with van der Waals surface area (Å²) in [6.07, 6.45) is -3.30. The van der Waals surface area contributed by atoms with Crippen LogP contribution in [0.1, 0.15) is 11.1 Å². The van der Waals surface area contributed by atoms with Gasteiger partial charge in [-0.3, -0.25) is 9.59 Å². The van der Waals surface area contributed by atoms with Crippen LogP contribution in [0.2, 0.25) is 10.0 Å². The molecule has 0 bridgehead atoms. The van der Waals surface area contributed by atoms with E-state index < -0.39 is 23.6 Å². The Kier molecular flexibility index (Phi) is 6.23. The van der Waals surface area contributed by atoms with E-state index in [0.717, 1.165) is 24.3 Å². The number of benzene rings is 2. The molecular formula is C16H10Cl2F3N3O2. The highest BCUT2D eigenvalue weighted by Crippen LogP contribution is 2.29. The number of carbonyl (C=O) groups is 2. The van der Waals surface area contributed by atoms with Crippen LogP contribution >= 0.6 is 23.2 Å². The highest BCUT2D eigenvalue weighted by molar-refractivity contribution is 6.43. The molecule has 0 saturated carbocycles. The number of hydrazone groups is 1. The second-order valence-corrected chi connectivity index (χ2v) is 5.66. The maximum absolute atomic E-state index is 12.5. The average Bonchev–Trinajstić information content (AvgIpc) is 2.58. The molecule has 0 spiro atoms. The van der Waals surface area contributed by atoms with Gasteiger partial charge in [0.2, 0.25) is 0 Å². The van der Waals surface area contributed by atoms with Crippen LogP contribution in [0.15, 0.2) is 47.6 Å². The van der Waals surface area contributed by atoms with Gasteiger partial charge in [0, 0.05) is 11.3 Å². The van der Waals surface area contributed by atoms with Crippen LogP contribution in [-0.4, -0.2) is 18.0 Å². The van der Waals surface area contributed by atoms with E-state index in [1.807, 2.05) is 5.43 Å². The molecule has 0 aliphatic heterocycles. The van der Waals surface area contributed by atoms with Crippen LogP contribution in [0.4, 0.5) is 18.9 Å². The van der Waals surface area contributed by atoms with Crippen LogP contribution < -0.4 is 10.7 Å². The molecular weight excluding hydrogens is 394 g/mol. The third-order valence-electron chi connectivity index (χ3n) is 3.03. The molecule has 0 fully saturated rings. The number of carbonyl (C=O) groups excluding carboxylic acids is 2. The quantitative estimate of drug-likeness (QED) is 0.460. The van der Waals surface area contributed by atoms with E-state index in [9.17, 15) is 22.8 Å². The number of nitrogens with zero attached hydrogens (tertiary/aromatic N) is 1. The maximum Gasteiger partial charge on any atom is 0.416 e. The van der Waals surface area contributed by atoms with E-state index in [2.05, 4.69) is 10.4 Å². The van der Waals surface area contributed by atoms with Crippen molar-refractivity contribution in [2.75, 3.05) is 5.32 Å². The van der Waals surface area contributed by atoms with Crippen molar-refractivity contribution in [2.24, 2.45) is 5.10 Å². The van der Waals surface area contributed by atoms with Gasteiger partial charge in [0.05, 0.1) is 21.8 Å². The van der Waals surface area contributed by atoms with Crippen LogP contribution in [-0.2, 0) is 15.8 Å². The molecule has 0 unspecified atom stereocenters. The zero-order chi connectivity index (χ0) is 19.3. The number of nitrogens with one attached hydrogen (secondary N) is 2. The van der Waals surface area contributed by atoms with Gasteiger partial charge in [0.1, 0.15) is 0 Å². The molecule has 136 valence electrons. The van der Waals surface area contributed by atoms with Crippen LogP contribution in [0.3, 0.4) is 0 Å². The highest BCUT2D eigenvalue weighted by atomic mass is 35.5. The Morgan fingerprint density at radius 3 is 2.27 bits per heavy atom. The van der Waals surface area contributed by atoms with E-state index in [-0.39, 0.29) is 10.7 Å². The minimum absolute atomic E-state index is 0.0278. The maximum atomic E-state index is 12.5. The number of hydrogen-bond donors (Lipinski definition) is 2. The lowest BCUT2D eigenvalue weighted by molar-refractivity contribution is -0.137. The summed E-state index contributed by atoms with van der Waals surface area (Å²) in [5.74, 6) is -2.21. The molecule has 0 aliphatic rings. The molecule has 26 heavy (non-hydrogen) atoms. The first-order valence-corrected chi connectivity index (χ1v) is 7.69. The number of halogens is 5. The molecule has 2 aromatic rings. The number of rotatable bonds is 3. The zero-order valence-electron chi connectivity index (χ0n) is 12.8. The van der Waals surface area contributed by atoms with Crippen molar-refractivity contribution in [1.29, 1.82) is 0 Å². The summed E-state index contributed by atoms with van der Waals surface area (Å²) < 4.78 is 37.4. The first kappa shape index (κ1) is 19.7. The largest absolute Gasteiger partial charge is 0.416 e. The van der Waals surface area contributed by atoms with Crippen LogP contribution in [0, 0.1) is 0 Å². The summed E-state index contributed by atoms with van der Waals surface area (Å²) in [7, 11) is 0. The van der Waals surface area contributed by atoms with Gasteiger partial charge in [-0.2, -0.15) is 18.3 Å². The minimum atomic E-state index is -4.49. The lowest BCUT2D eigenvalue weighted by Gasteiger charge is -2.08. The summed E-state index contributed by atoms with van der Waals surface area (Å²) in [5, 5.41) is 6.24. The molecule has 2 aromatic carbocycles. The first-order valence-electron chi connectivity index (χ1n) is 6.94. The van der Waals surface area contributed by atoms with Crippen molar-refractivity contribution in [3.8, 4) is 0 Å². The SMILES string of the molecule is O=C(N/N=C/c1cccc(Cl)c1Cl)C(=O)Nc1ccc(C(F)(F)F)cc1. The van der Waals surface area contributed by atoms with Gasteiger partial charge < -0.3 is 5.32 Å². The lowest BCUT2D eigenvalue weighted by Crippen LogP contribution is -2.32. The monoisotopic (exact) mass is 403 g/mol. The third kappa shape index (κ3) is 5.21. The van der Waals surface area contributed by atoms with Gasteiger partial charge in [-0.15, -0.1) is 0 Å². The standard InChI is InChI=1S/C16H10Cl2F3N3O2/c17-12-3-1-2-9(13(12)18)8-22-24-15(26)14(25)23-11-6-4-10(5-7-11)16(19,20)21/h1-8H,(H,23,25)(H,24,26)/b22-8+. The summed E-state index contributed by atoms with van der Waals surface area (Å²) in [5.41, 5.74) is 1.54. The van der Waals surface area contributed by atoms with Gasteiger partial charge in [-0.05, 0) is 30.3 Å². The normalized spacial score (nSPS) is 11.4. The number of alkyl halides is 3. The zero-order valence-corrected chi connectivity index (χ0v) is 14.3. The first-order chi connectivity index (χ1) is 12.2. The summed E-state index contributed by atoms with van der Waals surface area (Å²) in [6, 6.07) is 8.41. The highest BCUT2D eigenvalue weighted by Gasteiger charge is 2.30. The van der Waals surface area contributed by atoms with Crippen molar-refractivity contribution < 1.29 is 22.8 Å². The molecule has 0 saturated heterocycles. The van der Waals surface area contributed by atoms with Crippen LogP contribution in [0.25, 0.3) is 0 Å². The number of amides is 2. The molecule has 0 aliphatic carbocycles. The van der Waals surface area contributed by atoms with E-state index in [4.69, 9.17) is 23.2 Å². The van der Waals surface area contributed by atoms with Crippen molar-refractivity contribution in [3.63, 3.8) is 0 Å². The molecule has 2 amide bonds. The summed E-state index contributed by atoms with van der Waals surface area (Å²) in [6.45, 7) is 0. The topological polar surface area (TPSA) is 70.6 Å². The predicted octanol–water partition coefficient (Wildman–Crippen LogP) is 4.10. The predicted molar refractivity (Wildman–Crippen MR) is 92.3 cm³/mol. The van der Waals surface area contributed by atoms with Crippen molar-refractivity contribution in [2.45, 2.75) is 6.18 Å². The van der Waals surface area contributed by atoms with Gasteiger partial charge in [-0.25, -0.2) is 5.43 Å². The Hall–Kier alpha value is -2.58. The summed E-state index contributed by atoms with van der Waals surface area (Å²) in [4.78, 5) is 23.3. The Labute approximate surface area is 155 Å². The molecule has 2 rings (SSSR count). The molecule has 0 aromatic heterocycles. The molecule has 0 atom stereocenters. The van der Waals surface area contributed by atoms with E-state index in [1.165, 1.54) is 6.21 Å². The second-order valence-electron chi connectivity index (χ2n) is 4.87. The van der Waals surface area contributed by atoms with Gasteiger partial charge in [0.25, 0.3) is 0 Å².